The largest absolute Gasteiger partial charge is 0.461 e. The minimum atomic E-state index is -1.82. The topological polar surface area (TPSA) is 68.8 Å². The number of hydrogen-bond donors (Lipinski definition) is 1. The van der Waals surface area contributed by atoms with Gasteiger partial charge in [-0.25, -0.2) is 0 Å². The molecule has 0 amide bonds. The van der Waals surface area contributed by atoms with Crippen molar-refractivity contribution in [3.63, 3.8) is 0 Å². The van der Waals surface area contributed by atoms with E-state index in [0.29, 0.717) is 13.0 Å². The van der Waals surface area contributed by atoms with Gasteiger partial charge in [-0.15, -0.1) is 0 Å². The maximum Gasteiger partial charge on any atom is 0.222 e. The third-order valence-electron chi connectivity index (χ3n) is 4.19. The summed E-state index contributed by atoms with van der Waals surface area (Å²) in [7, 11) is -1.82. The van der Waals surface area contributed by atoms with Gasteiger partial charge in [-0.3, -0.25) is 0 Å². The molecule has 0 radical (unpaired) electrons. The Balaban J connectivity index is 2.24. The Morgan fingerprint density at radius 1 is 1.40 bits per heavy atom. The Labute approximate surface area is 161 Å². The zero-order chi connectivity index (χ0) is 18.2. The van der Waals surface area contributed by atoms with Crippen molar-refractivity contribution in [3.8, 4) is 5.75 Å². The van der Waals surface area contributed by atoms with Gasteiger partial charge in [-0.2, -0.15) is 0 Å². The minimum absolute atomic E-state index is 0.303. The molecule has 0 saturated heterocycles. The van der Waals surface area contributed by atoms with Crippen molar-refractivity contribution in [2.45, 2.75) is 38.0 Å². The van der Waals surface area contributed by atoms with Gasteiger partial charge >= 0.3 is 0 Å². The van der Waals surface area contributed by atoms with Crippen LogP contribution in [0.5, 0.6) is 5.75 Å². The smallest absolute Gasteiger partial charge is 0.222 e. The lowest BCUT2D eigenvalue weighted by Gasteiger charge is -2.36. The average Bonchev–Trinajstić information content (AvgIpc) is 2.54. The molecule has 0 fully saturated rings. The maximum absolute atomic E-state index is 7.44. The number of nitrogens with one attached hydrogen (secondary N) is 1. The van der Waals surface area contributed by atoms with Gasteiger partial charge in [-0.1, -0.05) is 27.5 Å². The van der Waals surface area contributed by atoms with Crippen molar-refractivity contribution in [3.05, 3.63) is 50.7 Å². The fraction of sp³-hybridized carbons (Fsp3) is 0.412. The van der Waals surface area contributed by atoms with Crippen molar-refractivity contribution >= 4 is 35.8 Å². The van der Waals surface area contributed by atoms with E-state index in [1.165, 1.54) is 0 Å². The van der Waals surface area contributed by atoms with Crippen molar-refractivity contribution < 1.29 is 9.16 Å². The Kier molecular flexibility index (Phi) is 5.06. The predicted octanol–water partition coefficient (Wildman–Crippen LogP) is 5.61. The summed E-state index contributed by atoms with van der Waals surface area (Å²) in [4.78, 5) is 3.41. The molecular formula is C17H20BrClN3O2Si+. The fourth-order valence-corrected chi connectivity index (χ4v) is 4.23. The second kappa shape index (κ2) is 6.82. The summed E-state index contributed by atoms with van der Waals surface area (Å²) < 4.78 is 13.3. The highest BCUT2D eigenvalue weighted by molar-refractivity contribution is 9.10. The van der Waals surface area contributed by atoms with E-state index < -0.39 is 13.9 Å². The van der Waals surface area contributed by atoms with Crippen LogP contribution in [0.2, 0.25) is 19.6 Å². The van der Waals surface area contributed by atoms with Crippen LogP contribution in [0.15, 0.2) is 50.2 Å². The fourth-order valence-electron chi connectivity index (χ4n) is 3.02. The van der Waals surface area contributed by atoms with E-state index in [-0.39, 0.29) is 0 Å². The third kappa shape index (κ3) is 3.66. The molecule has 5 nitrogen and oxygen atoms in total. The number of halogens is 2. The zero-order valence-corrected chi connectivity index (χ0v) is 17.7. The van der Waals surface area contributed by atoms with Crippen molar-refractivity contribution in [1.82, 2.24) is 4.91 Å². The minimum Gasteiger partial charge on any atom is -0.461 e. The van der Waals surface area contributed by atoms with Gasteiger partial charge in [0.15, 0.2) is 8.32 Å². The molecule has 8 heteroatoms. The maximum atomic E-state index is 7.44. The van der Waals surface area contributed by atoms with Crippen LogP contribution in [0.4, 0.5) is 0 Å². The van der Waals surface area contributed by atoms with E-state index in [9.17, 15) is 0 Å². The molecule has 0 bridgehead atoms. The molecule has 25 heavy (non-hydrogen) atoms. The van der Waals surface area contributed by atoms with Gasteiger partial charge in [0.25, 0.3) is 0 Å². The molecule has 1 aromatic carbocycles. The Morgan fingerprint density at radius 2 is 2.16 bits per heavy atom. The van der Waals surface area contributed by atoms with Crippen LogP contribution in [0, 0.1) is 5.53 Å². The molecule has 1 aromatic rings. The molecule has 3 rings (SSSR count). The number of hydrogen-bond acceptors (Lipinski definition) is 4. The van der Waals surface area contributed by atoms with Gasteiger partial charge < -0.3 is 9.16 Å². The molecule has 1 aliphatic heterocycles. The van der Waals surface area contributed by atoms with Crippen LogP contribution in [0.1, 0.15) is 18.4 Å². The summed E-state index contributed by atoms with van der Waals surface area (Å²) >= 11 is 9.84. The van der Waals surface area contributed by atoms with E-state index in [1.54, 1.807) is 0 Å². The molecule has 0 aromatic heterocycles. The first kappa shape index (κ1) is 18.5. The van der Waals surface area contributed by atoms with Gasteiger partial charge in [0.2, 0.25) is 10.5 Å². The van der Waals surface area contributed by atoms with Crippen LogP contribution >= 0.6 is 27.5 Å². The normalized spacial score (nSPS) is 22.4. The van der Waals surface area contributed by atoms with Crippen molar-refractivity contribution in [1.29, 1.82) is 5.53 Å². The molecule has 1 heterocycles. The summed E-state index contributed by atoms with van der Waals surface area (Å²) in [5.41, 5.74) is 8.18. The lowest BCUT2D eigenvalue weighted by Crippen LogP contribution is -2.41. The Bertz CT molecular complexity index is 828. The molecule has 0 spiro atoms. The highest BCUT2D eigenvalue weighted by Crippen LogP contribution is 2.49. The highest BCUT2D eigenvalue weighted by atomic mass is 79.9. The van der Waals surface area contributed by atoms with Crippen LogP contribution in [0.3, 0.4) is 0 Å². The predicted molar refractivity (Wildman–Crippen MR) is 103 cm³/mol. The second-order valence-electron chi connectivity index (χ2n) is 7.13. The van der Waals surface area contributed by atoms with Crippen LogP contribution in [-0.2, 0) is 9.96 Å². The van der Waals surface area contributed by atoms with E-state index in [0.717, 1.165) is 38.6 Å². The molecule has 1 aliphatic carbocycles. The number of ether oxygens (including phenoxy) is 1. The first-order valence-electron chi connectivity index (χ1n) is 8.05. The summed E-state index contributed by atoms with van der Waals surface area (Å²) in [6.45, 7) is 6.67. The van der Waals surface area contributed by atoms with E-state index in [4.69, 9.17) is 26.3 Å². The first-order valence-corrected chi connectivity index (χ1v) is 12.6. The van der Waals surface area contributed by atoms with Crippen LogP contribution in [-0.4, -0.2) is 14.9 Å². The number of benzene rings is 1. The third-order valence-corrected chi connectivity index (χ3v) is 5.99. The standard InChI is InChI=1S/C17H20BrClN3O2Si/c1-25(2,3)23-10-17(21-22-20)13-8-11(18)4-6-15(13)24-16-7-5-12(19)9-14(16)17/h4,6,8-9,20H,5,7,10H2,1-3H3/q+1. The molecule has 2 aliphatic rings. The molecule has 0 saturated carbocycles. The van der Waals surface area contributed by atoms with Gasteiger partial charge in [-0.05, 0) is 50.3 Å². The molecule has 1 N–H and O–H groups in total. The van der Waals surface area contributed by atoms with Crippen LogP contribution < -0.4 is 9.65 Å². The Hall–Kier alpha value is -1.24. The molecule has 1 atom stereocenters. The summed E-state index contributed by atoms with van der Waals surface area (Å²) in [5, 5.41) is 5.09. The van der Waals surface area contributed by atoms with Gasteiger partial charge in [0, 0.05) is 27.1 Å². The number of rotatable bonds is 4. The van der Waals surface area contributed by atoms with Crippen LogP contribution in [0.25, 0.3) is 0 Å². The summed E-state index contributed by atoms with van der Waals surface area (Å²) in [6, 6.07) is 5.79. The second-order valence-corrected chi connectivity index (χ2v) is 13.0. The SMILES string of the molecule is C[Si](C)(C)OCC1(N=[N+]=N)C2=C(CCC(Cl)=C2)Oc2ccc(Br)cc21. The van der Waals surface area contributed by atoms with E-state index >= 15 is 0 Å². The number of allylic oxidation sites excluding steroid dienone is 2. The summed E-state index contributed by atoms with van der Waals surface area (Å²) in [6.07, 6.45) is 3.32. The highest BCUT2D eigenvalue weighted by Gasteiger charge is 2.50. The zero-order valence-electron chi connectivity index (χ0n) is 14.4. The molecular weight excluding hydrogens is 422 g/mol. The lowest BCUT2D eigenvalue weighted by atomic mass is 9.78. The lowest BCUT2D eigenvalue weighted by molar-refractivity contribution is 0.212. The summed E-state index contributed by atoms with van der Waals surface area (Å²) in [5.74, 6) is 1.55. The van der Waals surface area contributed by atoms with E-state index in [2.05, 4.69) is 45.6 Å². The monoisotopic (exact) mass is 440 g/mol. The quantitative estimate of drug-likeness (QED) is 0.375. The van der Waals surface area contributed by atoms with Crippen molar-refractivity contribution in [2.24, 2.45) is 5.11 Å². The first-order chi connectivity index (χ1) is 11.7. The Morgan fingerprint density at radius 3 is 2.84 bits per heavy atom. The molecule has 132 valence electrons. The number of fused-ring (bicyclic) bond motifs is 1. The number of nitrogens with zero attached hydrogens (tertiary/aromatic N) is 2. The molecule has 1 unspecified atom stereocenters. The van der Waals surface area contributed by atoms with Crippen molar-refractivity contribution in [2.75, 3.05) is 6.61 Å². The van der Waals surface area contributed by atoms with Gasteiger partial charge in [0.1, 0.15) is 22.2 Å². The average molecular weight is 442 g/mol. The van der Waals surface area contributed by atoms with E-state index in [1.807, 2.05) is 24.3 Å². The van der Waals surface area contributed by atoms with Gasteiger partial charge in [0.05, 0.1) is 6.61 Å².